The topological polar surface area (TPSA) is 12.9 Å². The molecule has 1 aromatic heterocycles. The molecule has 43 valence electrons. The molecule has 1 aromatic rings. The van der Waals surface area contributed by atoms with Crippen LogP contribution in [-0.2, 0) is 0 Å². The second-order valence-corrected chi connectivity index (χ2v) is 1.53. The molecule has 0 spiro atoms. The maximum Gasteiger partial charge on any atom is 0.113 e. The first-order chi connectivity index (χ1) is 4.43. The van der Waals surface area contributed by atoms with Crippen molar-refractivity contribution < 1.29 is 0 Å². The van der Waals surface area contributed by atoms with Crippen LogP contribution in [0.5, 0.6) is 0 Å². The van der Waals surface area contributed by atoms with E-state index in [4.69, 9.17) is 0 Å². The van der Waals surface area contributed by atoms with Crippen molar-refractivity contribution in [2.75, 3.05) is 0 Å². The molecule has 0 bridgehead atoms. The molecule has 9 heavy (non-hydrogen) atoms. The molecule has 1 heteroatoms. The van der Waals surface area contributed by atoms with Crippen molar-refractivity contribution in [3.63, 3.8) is 0 Å². The fourth-order valence-electron chi connectivity index (χ4n) is 0.524. The predicted molar refractivity (Wildman–Crippen MR) is 35.6 cm³/mol. The van der Waals surface area contributed by atoms with Crippen LogP contribution in [0.1, 0.15) is 12.6 Å². The van der Waals surface area contributed by atoms with E-state index in [1.807, 2.05) is 12.1 Å². The van der Waals surface area contributed by atoms with E-state index in [-0.39, 0.29) is 0 Å². The lowest BCUT2D eigenvalue weighted by Crippen LogP contribution is -1.77. The standard InChI is InChI=1S/C8H6N/c1-2-5-8-6-3-4-7-9-8/h3-4,6H,1H3. The van der Waals surface area contributed by atoms with Gasteiger partial charge in [-0.05, 0) is 25.0 Å². The summed E-state index contributed by atoms with van der Waals surface area (Å²) in [6.07, 6.45) is 2.69. The predicted octanol–water partition coefficient (Wildman–Crippen LogP) is 1.25. The summed E-state index contributed by atoms with van der Waals surface area (Å²) in [7, 11) is 0. The van der Waals surface area contributed by atoms with E-state index in [1.54, 1.807) is 13.0 Å². The Morgan fingerprint density at radius 3 is 3.11 bits per heavy atom. The average molecular weight is 116 g/mol. The van der Waals surface area contributed by atoms with E-state index < -0.39 is 0 Å². The van der Waals surface area contributed by atoms with Gasteiger partial charge in [-0.25, -0.2) is 4.98 Å². The summed E-state index contributed by atoms with van der Waals surface area (Å²) in [6.45, 7) is 1.79. The fraction of sp³-hybridized carbons (Fsp3) is 0.125. The highest BCUT2D eigenvalue weighted by Gasteiger charge is 1.79. The van der Waals surface area contributed by atoms with Crippen LogP contribution in [0.3, 0.4) is 0 Å². The minimum Gasteiger partial charge on any atom is -0.238 e. The van der Waals surface area contributed by atoms with Gasteiger partial charge >= 0.3 is 0 Å². The van der Waals surface area contributed by atoms with Gasteiger partial charge in [-0.3, -0.25) is 0 Å². The molecule has 0 aliphatic heterocycles. The average Bonchev–Trinajstić information content (AvgIpc) is 1.91. The smallest absolute Gasteiger partial charge is 0.113 e. The van der Waals surface area contributed by atoms with Gasteiger partial charge in [0.15, 0.2) is 0 Å². The molecule has 0 aliphatic carbocycles. The highest BCUT2D eigenvalue weighted by atomic mass is 14.6. The molecule has 0 aromatic carbocycles. The lowest BCUT2D eigenvalue weighted by molar-refractivity contribution is 1.27. The second kappa shape index (κ2) is 2.88. The zero-order valence-corrected chi connectivity index (χ0v) is 5.18. The normalized spacial score (nSPS) is 7.67. The lowest BCUT2D eigenvalue weighted by atomic mass is 10.3. The van der Waals surface area contributed by atoms with Gasteiger partial charge in [0.25, 0.3) is 0 Å². The number of rotatable bonds is 0. The Labute approximate surface area is 54.7 Å². The third-order valence-corrected chi connectivity index (χ3v) is 0.863. The van der Waals surface area contributed by atoms with Crippen molar-refractivity contribution in [2.24, 2.45) is 0 Å². The Hall–Kier alpha value is -1.29. The monoisotopic (exact) mass is 116 g/mol. The van der Waals surface area contributed by atoms with Crippen LogP contribution in [-0.4, -0.2) is 4.98 Å². The number of pyridine rings is 1. The Morgan fingerprint density at radius 1 is 1.67 bits per heavy atom. The van der Waals surface area contributed by atoms with Crippen LogP contribution in [0.4, 0.5) is 0 Å². The van der Waals surface area contributed by atoms with Gasteiger partial charge in [0, 0.05) is 0 Å². The Bertz CT molecular complexity index is 228. The summed E-state index contributed by atoms with van der Waals surface area (Å²) in [4.78, 5) is 3.87. The molecule has 1 radical (unpaired) electrons. The molecule has 1 rings (SSSR count). The molecule has 1 heterocycles. The van der Waals surface area contributed by atoms with Crippen molar-refractivity contribution in [2.45, 2.75) is 6.92 Å². The van der Waals surface area contributed by atoms with Crippen LogP contribution in [0.2, 0.25) is 0 Å². The highest BCUT2D eigenvalue weighted by Crippen LogP contribution is 1.87. The minimum absolute atomic E-state index is 0.778. The van der Waals surface area contributed by atoms with Crippen molar-refractivity contribution in [1.29, 1.82) is 0 Å². The van der Waals surface area contributed by atoms with Gasteiger partial charge in [0.1, 0.15) is 5.69 Å². The third kappa shape index (κ3) is 1.58. The zero-order chi connectivity index (χ0) is 6.53. The van der Waals surface area contributed by atoms with Gasteiger partial charge in [-0.2, -0.15) is 0 Å². The molecule has 0 amide bonds. The second-order valence-electron chi connectivity index (χ2n) is 1.53. The number of nitrogens with zero attached hydrogens (tertiary/aromatic N) is 1. The third-order valence-electron chi connectivity index (χ3n) is 0.863. The first-order valence-corrected chi connectivity index (χ1v) is 2.69. The maximum atomic E-state index is 3.87. The molecule has 0 atom stereocenters. The first kappa shape index (κ1) is 5.84. The lowest BCUT2D eigenvalue weighted by Gasteiger charge is -1.81. The molecule has 0 saturated heterocycles. The Kier molecular flexibility index (Phi) is 1.87. The zero-order valence-electron chi connectivity index (χ0n) is 5.18. The van der Waals surface area contributed by atoms with Crippen LogP contribution >= 0.6 is 0 Å². The fourth-order valence-corrected chi connectivity index (χ4v) is 0.524. The molecular formula is C8H6N. The Balaban J connectivity index is 2.94. The van der Waals surface area contributed by atoms with Gasteiger partial charge < -0.3 is 0 Å². The van der Waals surface area contributed by atoms with E-state index in [9.17, 15) is 0 Å². The van der Waals surface area contributed by atoms with Gasteiger partial charge in [-0.15, -0.1) is 0 Å². The summed E-state index contributed by atoms with van der Waals surface area (Å²) >= 11 is 0. The number of hydrogen-bond donors (Lipinski definition) is 0. The molecule has 0 N–H and O–H groups in total. The van der Waals surface area contributed by atoms with Crippen molar-refractivity contribution >= 4 is 0 Å². The van der Waals surface area contributed by atoms with Crippen molar-refractivity contribution in [3.8, 4) is 11.8 Å². The molecule has 0 unspecified atom stereocenters. The maximum absolute atomic E-state index is 3.87. The van der Waals surface area contributed by atoms with E-state index in [0.717, 1.165) is 5.69 Å². The summed E-state index contributed by atoms with van der Waals surface area (Å²) in [6, 6.07) is 5.47. The van der Waals surface area contributed by atoms with E-state index in [1.165, 1.54) is 0 Å². The van der Waals surface area contributed by atoms with Gasteiger partial charge in [0.05, 0.1) is 6.20 Å². The van der Waals surface area contributed by atoms with Crippen LogP contribution < -0.4 is 0 Å². The molecule has 0 fully saturated rings. The molecule has 1 nitrogen and oxygen atoms in total. The summed E-state index contributed by atoms with van der Waals surface area (Å²) in [5.41, 5.74) is 0.778. The molecule has 0 aliphatic rings. The van der Waals surface area contributed by atoms with Crippen LogP contribution in [0.25, 0.3) is 0 Å². The van der Waals surface area contributed by atoms with E-state index in [0.29, 0.717) is 0 Å². The largest absolute Gasteiger partial charge is 0.238 e. The van der Waals surface area contributed by atoms with Crippen molar-refractivity contribution in [1.82, 2.24) is 4.98 Å². The molecule has 0 saturated carbocycles. The Morgan fingerprint density at radius 2 is 2.56 bits per heavy atom. The van der Waals surface area contributed by atoms with Crippen LogP contribution in [0.15, 0.2) is 18.2 Å². The van der Waals surface area contributed by atoms with E-state index >= 15 is 0 Å². The number of hydrogen-bond acceptors (Lipinski definition) is 1. The quantitative estimate of drug-likeness (QED) is 0.465. The minimum atomic E-state index is 0.778. The van der Waals surface area contributed by atoms with Crippen molar-refractivity contribution in [3.05, 3.63) is 30.1 Å². The molecular weight excluding hydrogens is 110 g/mol. The van der Waals surface area contributed by atoms with Crippen LogP contribution in [0, 0.1) is 18.0 Å². The summed E-state index contributed by atoms with van der Waals surface area (Å²) in [5.74, 6) is 5.57. The van der Waals surface area contributed by atoms with E-state index in [2.05, 4.69) is 23.0 Å². The highest BCUT2D eigenvalue weighted by molar-refractivity contribution is 5.25. The van der Waals surface area contributed by atoms with Gasteiger partial charge in [0.2, 0.25) is 0 Å². The number of aromatic nitrogens is 1. The first-order valence-electron chi connectivity index (χ1n) is 2.69. The SMILES string of the molecule is CC#Cc1ccc[c]n1. The summed E-state index contributed by atoms with van der Waals surface area (Å²) in [5, 5.41) is 0. The summed E-state index contributed by atoms with van der Waals surface area (Å²) < 4.78 is 0. The van der Waals surface area contributed by atoms with Gasteiger partial charge in [-0.1, -0.05) is 12.0 Å².